The molecule has 0 radical (unpaired) electrons. The fourth-order valence-electron chi connectivity index (χ4n) is 4.60. The van der Waals surface area contributed by atoms with Gasteiger partial charge in [-0.3, -0.25) is 14.8 Å². The lowest BCUT2D eigenvalue weighted by atomic mass is 9.88. The first-order valence-corrected chi connectivity index (χ1v) is 13.0. The first-order valence-electron chi connectivity index (χ1n) is 13.0. The third kappa shape index (κ3) is 5.28. The van der Waals surface area contributed by atoms with Gasteiger partial charge >= 0.3 is 6.09 Å². The summed E-state index contributed by atoms with van der Waals surface area (Å²) in [5.74, 6) is 0.496. The van der Waals surface area contributed by atoms with Crippen molar-refractivity contribution in [3.8, 4) is 17.3 Å². The van der Waals surface area contributed by atoms with E-state index in [-0.39, 0.29) is 24.5 Å². The highest BCUT2D eigenvalue weighted by Gasteiger charge is 2.34. The molecule has 0 bridgehead atoms. The Hall–Kier alpha value is -4.63. The molecule has 206 valence electrons. The summed E-state index contributed by atoms with van der Waals surface area (Å²) in [4.78, 5) is 47.5. The lowest BCUT2D eigenvalue weighted by molar-refractivity contribution is 0.102. The SMILES string of the molecule is Cc1nc(C(C)(C)C#N)c(NC(=O)c2ccncc2)cc1-c1cc(N2CCOCC2)nc(N2C(=O)OC[C@@H]2C)n1. The van der Waals surface area contributed by atoms with Crippen molar-refractivity contribution in [1.29, 1.82) is 5.26 Å². The first kappa shape index (κ1) is 27.0. The zero-order chi connectivity index (χ0) is 28.4. The molecule has 12 nitrogen and oxygen atoms in total. The third-order valence-corrected chi connectivity index (χ3v) is 6.89. The average Bonchev–Trinajstić information content (AvgIpc) is 3.31. The van der Waals surface area contributed by atoms with Gasteiger partial charge in [0.2, 0.25) is 5.95 Å². The zero-order valence-electron chi connectivity index (χ0n) is 22.8. The van der Waals surface area contributed by atoms with Crippen molar-refractivity contribution in [3.63, 3.8) is 0 Å². The summed E-state index contributed by atoms with van der Waals surface area (Å²) in [5, 5.41) is 12.8. The summed E-state index contributed by atoms with van der Waals surface area (Å²) in [6, 6.07) is 8.87. The molecule has 1 N–H and O–H groups in total. The number of nitrogens with one attached hydrogen (secondary N) is 1. The van der Waals surface area contributed by atoms with Gasteiger partial charge in [0.05, 0.1) is 47.8 Å². The standard InChI is InChI=1S/C28H30N8O4/c1-17-15-40-27(38)36(17)26-33-21(14-23(34-26)35-9-11-39-12-10-35)20-13-22(24(31-18(20)2)28(3,4)16-29)32-25(37)19-5-7-30-8-6-19/h5-8,13-14,17H,9-12,15H2,1-4H3,(H,32,37)/t17-/m0/s1. The van der Waals surface area contributed by atoms with Gasteiger partial charge < -0.3 is 19.7 Å². The summed E-state index contributed by atoms with van der Waals surface area (Å²) in [7, 11) is 0. The summed E-state index contributed by atoms with van der Waals surface area (Å²) < 4.78 is 10.7. The van der Waals surface area contributed by atoms with Gasteiger partial charge in [-0.1, -0.05) is 0 Å². The van der Waals surface area contributed by atoms with Crippen LogP contribution in [0.2, 0.25) is 0 Å². The molecule has 5 rings (SSSR count). The number of cyclic esters (lactones) is 1. The number of pyridine rings is 2. The normalized spacial score (nSPS) is 17.4. The first-order chi connectivity index (χ1) is 19.2. The van der Waals surface area contributed by atoms with E-state index < -0.39 is 11.5 Å². The van der Waals surface area contributed by atoms with E-state index in [1.54, 1.807) is 32.0 Å². The van der Waals surface area contributed by atoms with Crippen LogP contribution in [0.3, 0.4) is 0 Å². The summed E-state index contributed by atoms with van der Waals surface area (Å²) >= 11 is 0. The molecule has 3 aromatic rings. The maximum Gasteiger partial charge on any atom is 0.417 e. The van der Waals surface area contributed by atoms with Crippen molar-refractivity contribution in [2.45, 2.75) is 39.2 Å². The lowest BCUT2D eigenvalue weighted by Gasteiger charge is -2.29. The molecular weight excluding hydrogens is 512 g/mol. The molecule has 0 unspecified atom stereocenters. The van der Waals surface area contributed by atoms with E-state index in [1.807, 2.05) is 19.9 Å². The quantitative estimate of drug-likeness (QED) is 0.491. The number of carbonyl (C=O) groups is 2. The van der Waals surface area contributed by atoms with Crippen LogP contribution >= 0.6 is 0 Å². The number of anilines is 3. The number of hydrogen-bond acceptors (Lipinski definition) is 10. The van der Waals surface area contributed by atoms with Crippen LogP contribution in [0.15, 0.2) is 36.7 Å². The number of carbonyl (C=O) groups excluding carboxylic acids is 2. The van der Waals surface area contributed by atoms with Gasteiger partial charge in [-0.25, -0.2) is 14.7 Å². The fraction of sp³-hybridized carbons (Fsp3) is 0.393. The van der Waals surface area contributed by atoms with Crippen LogP contribution in [0.5, 0.6) is 0 Å². The monoisotopic (exact) mass is 542 g/mol. The number of amides is 2. The van der Waals surface area contributed by atoms with E-state index >= 15 is 0 Å². The third-order valence-electron chi connectivity index (χ3n) is 6.89. The number of nitriles is 1. The van der Waals surface area contributed by atoms with Crippen molar-refractivity contribution in [2.75, 3.05) is 48.0 Å². The Morgan fingerprint density at radius 2 is 1.88 bits per heavy atom. The molecule has 0 aliphatic carbocycles. The lowest BCUT2D eigenvalue weighted by Crippen LogP contribution is -2.38. The molecule has 40 heavy (non-hydrogen) atoms. The fourth-order valence-corrected chi connectivity index (χ4v) is 4.60. The molecule has 2 aliphatic heterocycles. The maximum atomic E-state index is 13.1. The van der Waals surface area contributed by atoms with Crippen LogP contribution in [-0.4, -0.2) is 70.9 Å². The molecule has 1 atom stereocenters. The minimum absolute atomic E-state index is 0.220. The van der Waals surface area contributed by atoms with Gasteiger partial charge in [0.1, 0.15) is 12.4 Å². The number of rotatable bonds is 6. The molecule has 5 heterocycles. The van der Waals surface area contributed by atoms with Gasteiger partial charge in [0, 0.05) is 48.4 Å². The van der Waals surface area contributed by atoms with Crippen LogP contribution in [0.1, 0.15) is 42.5 Å². The second-order valence-corrected chi connectivity index (χ2v) is 10.3. The van der Waals surface area contributed by atoms with E-state index in [0.29, 0.717) is 66.0 Å². The Bertz CT molecular complexity index is 1480. The number of aryl methyl sites for hydroxylation is 1. The second-order valence-electron chi connectivity index (χ2n) is 10.3. The molecule has 0 aromatic carbocycles. The Kier molecular flexibility index (Phi) is 7.32. The smallest absolute Gasteiger partial charge is 0.417 e. The summed E-state index contributed by atoms with van der Waals surface area (Å²) in [5.41, 5.74) is 1.99. The second kappa shape index (κ2) is 10.9. The molecule has 2 amide bonds. The minimum atomic E-state index is -0.991. The Morgan fingerprint density at radius 3 is 2.52 bits per heavy atom. The molecule has 0 spiro atoms. The minimum Gasteiger partial charge on any atom is -0.447 e. The molecule has 2 saturated heterocycles. The van der Waals surface area contributed by atoms with Crippen molar-refractivity contribution in [3.05, 3.63) is 53.6 Å². The molecular formula is C28H30N8O4. The summed E-state index contributed by atoms with van der Waals surface area (Å²) in [6.45, 7) is 9.80. The van der Waals surface area contributed by atoms with Crippen LogP contribution in [0.4, 0.5) is 22.2 Å². The average molecular weight is 543 g/mol. The molecule has 2 fully saturated rings. The van der Waals surface area contributed by atoms with Crippen molar-refractivity contribution in [1.82, 2.24) is 19.9 Å². The van der Waals surface area contributed by atoms with E-state index in [9.17, 15) is 14.9 Å². The number of ether oxygens (including phenoxy) is 2. The van der Waals surface area contributed by atoms with Crippen LogP contribution in [0.25, 0.3) is 11.3 Å². The van der Waals surface area contributed by atoms with Crippen LogP contribution < -0.4 is 15.1 Å². The summed E-state index contributed by atoms with van der Waals surface area (Å²) in [6.07, 6.45) is 2.56. The number of hydrogen-bond donors (Lipinski definition) is 1. The highest BCUT2D eigenvalue weighted by molar-refractivity contribution is 6.05. The van der Waals surface area contributed by atoms with E-state index in [1.165, 1.54) is 17.3 Å². The Morgan fingerprint density at radius 1 is 1.15 bits per heavy atom. The molecule has 3 aromatic heterocycles. The van der Waals surface area contributed by atoms with E-state index in [2.05, 4.69) is 21.3 Å². The van der Waals surface area contributed by atoms with Gasteiger partial charge in [0.25, 0.3) is 5.91 Å². The van der Waals surface area contributed by atoms with Crippen molar-refractivity contribution in [2.24, 2.45) is 0 Å². The molecule has 2 aliphatic rings. The molecule has 12 heteroatoms. The highest BCUT2D eigenvalue weighted by Crippen LogP contribution is 2.35. The highest BCUT2D eigenvalue weighted by atomic mass is 16.6. The topological polar surface area (TPSA) is 146 Å². The largest absolute Gasteiger partial charge is 0.447 e. The number of aromatic nitrogens is 4. The van der Waals surface area contributed by atoms with Gasteiger partial charge in [-0.05, 0) is 45.9 Å². The predicted molar refractivity (Wildman–Crippen MR) is 147 cm³/mol. The van der Waals surface area contributed by atoms with E-state index in [4.69, 9.17) is 24.4 Å². The molecule has 0 saturated carbocycles. The van der Waals surface area contributed by atoms with Crippen molar-refractivity contribution < 1.29 is 19.1 Å². The van der Waals surface area contributed by atoms with Gasteiger partial charge in [-0.2, -0.15) is 10.2 Å². The maximum absolute atomic E-state index is 13.1. The zero-order valence-corrected chi connectivity index (χ0v) is 22.8. The van der Waals surface area contributed by atoms with Gasteiger partial charge in [-0.15, -0.1) is 0 Å². The van der Waals surface area contributed by atoms with Gasteiger partial charge in [0.15, 0.2) is 0 Å². The van der Waals surface area contributed by atoms with Crippen molar-refractivity contribution >= 4 is 29.5 Å². The van der Waals surface area contributed by atoms with Crippen LogP contribution in [0, 0.1) is 18.3 Å². The predicted octanol–water partition coefficient (Wildman–Crippen LogP) is 3.48. The van der Waals surface area contributed by atoms with E-state index in [0.717, 1.165) is 0 Å². The Balaban J connectivity index is 1.65. The van der Waals surface area contributed by atoms with Crippen LogP contribution in [-0.2, 0) is 14.9 Å². The Labute approximate surface area is 232 Å². The number of morpholine rings is 1. The number of nitrogens with zero attached hydrogens (tertiary/aromatic N) is 7.